The van der Waals surface area contributed by atoms with Crippen LogP contribution in [0.3, 0.4) is 0 Å². The summed E-state index contributed by atoms with van der Waals surface area (Å²) in [4.78, 5) is 10.1. The van der Waals surface area contributed by atoms with Gasteiger partial charge in [-0.3, -0.25) is 4.79 Å². The Morgan fingerprint density at radius 1 is 0.684 bits per heavy atom. The van der Waals surface area contributed by atoms with Crippen molar-refractivity contribution in [2.24, 2.45) is 0 Å². The molecule has 0 fully saturated rings. The van der Waals surface area contributed by atoms with E-state index in [2.05, 4.69) is 71.7 Å². The molecule has 7 heteroatoms. The average Bonchev–Trinajstić information content (AvgIpc) is 2.90. The van der Waals surface area contributed by atoms with E-state index in [0.29, 0.717) is 4.32 Å². The van der Waals surface area contributed by atoms with Crippen molar-refractivity contribution in [3.63, 3.8) is 0 Å². The molecule has 0 heterocycles. The van der Waals surface area contributed by atoms with Gasteiger partial charge in [0, 0.05) is 13.0 Å². The molecular weight excluding hydrogens is 720 g/mol. The maximum Gasteiger partial charge on any atom is 0.303 e. The van der Waals surface area contributed by atoms with Crippen LogP contribution in [0.5, 0.6) is 0 Å². The number of nitrogens with one attached hydrogen (secondary N) is 1. The summed E-state index contributed by atoms with van der Waals surface area (Å²) in [7, 11) is 0. The van der Waals surface area contributed by atoms with Crippen molar-refractivity contribution in [1.82, 2.24) is 5.32 Å². The molecule has 3 nitrogen and oxygen atoms in total. The third kappa shape index (κ3) is 41.7. The van der Waals surface area contributed by atoms with Crippen LogP contribution in [0.25, 0.3) is 0 Å². The summed E-state index contributed by atoms with van der Waals surface area (Å²) in [6, 6.07) is 0. The zero-order valence-corrected chi connectivity index (χ0v) is 33.8. The molecule has 0 aliphatic heterocycles. The summed E-state index contributed by atoms with van der Waals surface area (Å²) >= 11 is 7.57. The number of aliphatic carboxylic acids is 1. The molecule has 0 unspecified atom stereocenters. The molecule has 1 radical (unpaired) electrons. The third-order valence-electron chi connectivity index (χ3n) is 6.64. The van der Waals surface area contributed by atoms with E-state index in [4.69, 9.17) is 5.11 Å². The molecule has 0 bridgehead atoms. The number of hydrogen-bond acceptors (Lipinski definition) is 3. The monoisotopic (exact) mass is 788 g/mol. The first-order chi connectivity index (χ1) is 18.3. The van der Waals surface area contributed by atoms with Crippen molar-refractivity contribution in [2.75, 3.05) is 6.54 Å². The molecule has 38 heavy (non-hydrogen) atoms. The van der Waals surface area contributed by atoms with Crippen LogP contribution in [0, 0.1) is 0 Å². The fourth-order valence-corrected chi connectivity index (χ4v) is 23.2. The first-order valence-electron chi connectivity index (χ1n) is 16.2. The van der Waals surface area contributed by atoms with Crippen molar-refractivity contribution >= 4 is 74.7 Å². The van der Waals surface area contributed by atoms with E-state index in [0.717, 1.165) is 25.8 Å². The van der Waals surface area contributed by atoms with Gasteiger partial charge in [0.05, 0.1) is 0 Å². The van der Waals surface area contributed by atoms with E-state index in [1.54, 1.807) is 26.6 Å². The van der Waals surface area contributed by atoms with Gasteiger partial charge >= 0.3 is 191 Å². The van der Waals surface area contributed by atoms with Gasteiger partial charge < -0.3 is 35.3 Å². The van der Waals surface area contributed by atoms with Gasteiger partial charge in [-0.2, -0.15) is 0 Å². The van der Waals surface area contributed by atoms with Gasteiger partial charge in [-0.1, -0.05) is 10.7 Å². The molecule has 0 aromatic carbocycles. The predicted molar refractivity (Wildman–Crippen MR) is 184 cm³/mol. The largest absolute Gasteiger partial charge is 0.481 e. The standard InChI is InChI=1S/C7H13NO2S2.6C4H9.2Sn/c9-6(10)4-2-1-3-5-8-7(11)12;6*1-3-4-2;;/h1-5H2,(H,9,10)(H2,8,11,12);6*1,3-4H2,2H3;;/q;;;;;;;;+1/p-1. The maximum atomic E-state index is 10.1. The number of carbonyl (C=O) groups is 1. The normalized spacial score (nSPS) is 10.3. The minimum atomic E-state index is -0.839. The van der Waals surface area contributed by atoms with Crippen molar-refractivity contribution < 1.29 is 9.90 Å². The van der Waals surface area contributed by atoms with Gasteiger partial charge in [0.1, 0.15) is 0 Å². The molecule has 0 amide bonds. The molecule has 2 N–H and O–H groups in total. The van der Waals surface area contributed by atoms with Crippen molar-refractivity contribution in [3.8, 4) is 0 Å². The number of hydrogen-bond donors (Lipinski definition) is 2. The fourth-order valence-electron chi connectivity index (χ4n) is 4.08. The minimum absolute atomic E-state index is 0.248. The van der Waals surface area contributed by atoms with E-state index in [1.165, 1.54) is 77.0 Å². The van der Waals surface area contributed by atoms with Crippen LogP contribution >= 0.6 is 12.2 Å². The molecule has 0 aliphatic carbocycles. The Hall–Kier alpha value is 1.18. The van der Waals surface area contributed by atoms with Gasteiger partial charge in [0.15, 0.2) is 0 Å². The zero-order valence-electron chi connectivity index (χ0n) is 26.4. The van der Waals surface area contributed by atoms with E-state index in [9.17, 15) is 4.79 Å². The smallest absolute Gasteiger partial charge is 0.303 e. The summed E-state index contributed by atoms with van der Waals surface area (Å²) < 4.78 is 10.5. The number of carboxylic acid groups (broad SMARTS) is 1. The number of carboxylic acids is 1. The Bertz CT molecular complexity index is 405. The fraction of sp³-hybridized carbons (Fsp3) is 0.935. The Labute approximate surface area is 265 Å². The zero-order chi connectivity index (χ0) is 29.3. The van der Waals surface area contributed by atoms with Crippen LogP contribution in [0.15, 0.2) is 0 Å². The van der Waals surface area contributed by atoms with Crippen molar-refractivity contribution in [3.05, 3.63) is 0 Å². The third-order valence-corrected chi connectivity index (χ3v) is 25.1. The second kappa shape index (κ2) is 38.2. The first kappa shape index (κ1) is 43.6. The maximum absolute atomic E-state index is 10.1. The number of rotatable bonds is 24. The van der Waals surface area contributed by atoms with Crippen LogP contribution in [-0.4, -0.2) is 61.5 Å². The first-order valence-corrected chi connectivity index (χ1v) is 29.1. The number of unbranched alkanes of at least 4 members (excludes halogenated alkanes) is 8. The Kier molecular flexibility index (Phi) is 43.8. The summed E-state index contributed by atoms with van der Waals surface area (Å²) in [5.41, 5.74) is 0. The predicted octanol–water partition coefficient (Wildman–Crippen LogP) is 10.8. The van der Waals surface area contributed by atoms with Crippen LogP contribution in [-0.2, 0) is 17.4 Å². The Balaban J connectivity index is -0.000000484. The molecule has 0 atom stereocenters. The SMILES string of the molecule is CCC[CH2][Sn+]([CH2]CCC)[CH2]CCC.CCC[CH2][Sn]([CH2]CCC)[CH2]CCC.O=C(O)CCCCCNC(=S)[S-]. The molecule has 227 valence electrons. The number of thiocarbonyl (C=S) groups is 1. The molecule has 0 saturated heterocycles. The average molecular weight is 786 g/mol. The molecule has 0 aromatic rings. The minimum Gasteiger partial charge on any atom is -0.481 e. The summed E-state index contributed by atoms with van der Waals surface area (Å²) in [5.74, 6) is -0.734. The molecule has 0 spiro atoms. The van der Waals surface area contributed by atoms with E-state index >= 15 is 0 Å². The second-order valence-electron chi connectivity index (χ2n) is 10.5. The van der Waals surface area contributed by atoms with Gasteiger partial charge in [-0.15, -0.1) is 0 Å². The molecule has 0 aromatic heterocycles. The van der Waals surface area contributed by atoms with E-state index in [-0.39, 0.29) is 6.42 Å². The quantitative estimate of drug-likeness (QED) is 0.0442. The van der Waals surface area contributed by atoms with E-state index in [1.807, 2.05) is 0 Å². The van der Waals surface area contributed by atoms with Gasteiger partial charge in [-0.05, 0) is 12.8 Å². The summed E-state index contributed by atoms with van der Waals surface area (Å²) in [6.07, 6.45) is 20.5. The van der Waals surface area contributed by atoms with Crippen LogP contribution in [0.1, 0.15) is 144 Å². The van der Waals surface area contributed by atoms with Gasteiger partial charge in [-0.25, -0.2) is 0 Å². The topological polar surface area (TPSA) is 49.3 Å². The summed E-state index contributed by atoms with van der Waals surface area (Å²) in [5, 5.41) is 11.1. The van der Waals surface area contributed by atoms with Gasteiger partial charge in [0.2, 0.25) is 0 Å². The Morgan fingerprint density at radius 2 is 1.08 bits per heavy atom. The summed E-state index contributed by atoms with van der Waals surface area (Å²) in [6.45, 7) is 14.8. The van der Waals surface area contributed by atoms with Gasteiger partial charge in [0.25, 0.3) is 0 Å². The molecule has 0 aliphatic rings. The molecular formula is C31H66NO2S2Sn2. The van der Waals surface area contributed by atoms with Crippen LogP contribution < -0.4 is 5.32 Å². The van der Waals surface area contributed by atoms with Crippen LogP contribution in [0.2, 0.25) is 26.6 Å². The van der Waals surface area contributed by atoms with E-state index < -0.39 is 45.5 Å². The van der Waals surface area contributed by atoms with Crippen LogP contribution in [0.4, 0.5) is 0 Å². The van der Waals surface area contributed by atoms with Crippen molar-refractivity contribution in [1.29, 1.82) is 0 Å². The van der Waals surface area contributed by atoms with Crippen molar-refractivity contribution in [2.45, 2.75) is 171 Å². The molecule has 0 saturated carbocycles. The second-order valence-corrected chi connectivity index (χ2v) is 28.7. The molecule has 0 rings (SSSR count). The Morgan fingerprint density at radius 3 is 1.39 bits per heavy atom.